The van der Waals surface area contributed by atoms with Gasteiger partial charge in [-0.3, -0.25) is 0 Å². The van der Waals surface area contributed by atoms with Crippen molar-refractivity contribution in [2.24, 2.45) is 5.73 Å². The standard InChI is InChI=1S/C12H15BrN2O/c1-8(6-14)15-7-10-5-9-3-2-4-11(13)12(9)16-10/h2-5,8,15H,6-7,14H2,1H3/t8-/m1/s1. The molecule has 16 heavy (non-hydrogen) atoms. The Morgan fingerprint density at radius 3 is 3.00 bits per heavy atom. The van der Waals surface area contributed by atoms with Gasteiger partial charge in [-0.25, -0.2) is 0 Å². The van der Waals surface area contributed by atoms with Crippen molar-refractivity contribution in [1.82, 2.24) is 5.32 Å². The Morgan fingerprint density at radius 2 is 2.31 bits per heavy atom. The minimum atomic E-state index is 0.302. The average molecular weight is 283 g/mol. The van der Waals surface area contributed by atoms with E-state index < -0.39 is 0 Å². The van der Waals surface area contributed by atoms with E-state index in [-0.39, 0.29) is 0 Å². The lowest BCUT2D eigenvalue weighted by atomic mass is 10.2. The van der Waals surface area contributed by atoms with Crippen LogP contribution in [0.3, 0.4) is 0 Å². The van der Waals surface area contributed by atoms with Gasteiger partial charge in [-0.2, -0.15) is 0 Å². The van der Waals surface area contributed by atoms with Gasteiger partial charge in [0.05, 0.1) is 11.0 Å². The third-order valence-corrected chi connectivity index (χ3v) is 3.15. The molecule has 2 aromatic rings. The molecule has 0 unspecified atom stereocenters. The summed E-state index contributed by atoms with van der Waals surface area (Å²) in [6.45, 7) is 3.39. The van der Waals surface area contributed by atoms with Crippen LogP contribution in [0.1, 0.15) is 12.7 Å². The number of hydrogen-bond acceptors (Lipinski definition) is 3. The third kappa shape index (κ3) is 2.45. The Balaban J connectivity index is 2.17. The molecule has 0 radical (unpaired) electrons. The van der Waals surface area contributed by atoms with Crippen molar-refractivity contribution in [3.63, 3.8) is 0 Å². The number of nitrogens with two attached hydrogens (primary N) is 1. The second kappa shape index (κ2) is 4.99. The minimum Gasteiger partial charge on any atom is -0.459 e. The van der Waals surface area contributed by atoms with Crippen LogP contribution in [-0.4, -0.2) is 12.6 Å². The van der Waals surface area contributed by atoms with Crippen molar-refractivity contribution in [3.8, 4) is 0 Å². The fourth-order valence-corrected chi connectivity index (χ4v) is 1.99. The molecule has 0 amide bonds. The van der Waals surface area contributed by atoms with E-state index in [1.54, 1.807) is 0 Å². The second-order valence-corrected chi connectivity index (χ2v) is 4.74. The summed E-state index contributed by atoms with van der Waals surface area (Å²) in [5.74, 6) is 0.933. The summed E-state index contributed by atoms with van der Waals surface area (Å²) in [7, 11) is 0. The van der Waals surface area contributed by atoms with Crippen molar-refractivity contribution in [2.75, 3.05) is 6.54 Å². The number of nitrogens with one attached hydrogen (secondary N) is 1. The van der Waals surface area contributed by atoms with Crippen LogP contribution in [0.5, 0.6) is 0 Å². The molecule has 86 valence electrons. The molecule has 1 heterocycles. The van der Waals surface area contributed by atoms with E-state index >= 15 is 0 Å². The predicted molar refractivity (Wildman–Crippen MR) is 69.3 cm³/mol. The molecule has 3 N–H and O–H groups in total. The highest BCUT2D eigenvalue weighted by Crippen LogP contribution is 2.26. The van der Waals surface area contributed by atoms with E-state index in [0.717, 1.165) is 21.2 Å². The number of halogens is 1. The zero-order valence-corrected chi connectivity index (χ0v) is 10.8. The molecule has 1 aromatic carbocycles. The fourth-order valence-electron chi connectivity index (χ4n) is 1.53. The van der Waals surface area contributed by atoms with Crippen LogP contribution in [0.4, 0.5) is 0 Å². The Labute approximate surface area is 103 Å². The maximum atomic E-state index is 5.74. The van der Waals surface area contributed by atoms with Crippen molar-refractivity contribution < 1.29 is 4.42 Å². The van der Waals surface area contributed by atoms with Gasteiger partial charge < -0.3 is 15.5 Å². The summed E-state index contributed by atoms with van der Waals surface area (Å²) in [5.41, 5.74) is 6.44. The monoisotopic (exact) mass is 282 g/mol. The fraction of sp³-hybridized carbons (Fsp3) is 0.333. The van der Waals surface area contributed by atoms with Crippen LogP contribution in [0.15, 0.2) is 33.2 Å². The van der Waals surface area contributed by atoms with Gasteiger partial charge in [-0.15, -0.1) is 0 Å². The first-order valence-electron chi connectivity index (χ1n) is 5.31. The normalized spacial score (nSPS) is 13.2. The van der Waals surface area contributed by atoms with Gasteiger partial charge in [0.1, 0.15) is 11.3 Å². The molecular formula is C12H15BrN2O. The molecular weight excluding hydrogens is 268 g/mol. The lowest BCUT2D eigenvalue weighted by Crippen LogP contribution is -2.32. The molecule has 0 saturated carbocycles. The average Bonchev–Trinajstić information content (AvgIpc) is 2.70. The van der Waals surface area contributed by atoms with Crippen molar-refractivity contribution >= 4 is 26.9 Å². The summed E-state index contributed by atoms with van der Waals surface area (Å²) >= 11 is 3.47. The van der Waals surface area contributed by atoms with E-state index in [1.807, 2.05) is 18.2 Å². The zero-order valence-electron chi connectivity index (χ0n) is 9.16. The number of furan rings is 1. The molecule has 0 bridgehead atoms. The van der Waals surface area contributed by atoms with Crippen molar-refractivity contribution in [2.45, 2.75) is 19.5 Å². The molecule has 0 fully saturated rings. The highest BCUT2D eigenvalue weighted by molar-refractivity contribution is 9.10. The number of hydrogen-bond donors (Lipinski definition) is 2. The first kappa shape index (κ1) is 11.6. The molecule has 2 rings (SSSR count). The van der Waals surface area contributed by atoms with Gasteiger partial charge in [0.2, 0.25) is 0 Å². The van der Waals surface area contributed by atoms with E-state index in [2.05, 4.69) is 34.2 Å². The van der Waals surface area contributed by atoms with Gasteiger partial charge in [0, 0.05) is 18.0 Å². The molecule has 0 aliphatic carbocycles. The summed E-state index contributed by atoms with van der Waals surface area (Å²) in [6, 6.07) is 8.37. The maximum Gasteiger partial charge on any atom is 0.148 e. The maximum absolute atomic E-state index is 5.74. The Morgan fingerprint density at radius 1 is 1.50 bits per heavy atom. The molecule has 3 nitrogen and oxygen atoms in total. The van der Waals surface area contributed by atoms with E-state index in [1.165, 1.54) is 0 Å². The highest BCUT2D eigenvalue weighted by atomic mass is 79.9. The number of fused-ring (bicyclic) bond motifs is 1. The lowest BCUT2D eigenvalue weighted by molar-refractivity contribution is 0.477. The molecule has 0 aliphatic rings. The first-order chi connectivity index (χ1) is 7.70. The third-order valence-electron chi connectivity index (χ3n) is 2.53. The summed E-state index contributed by atoms with van der Waals surface area (Å²) < 4.78 is 6.73. The van der Waals surface area contributed by atoms with Crippen LogP contribution in [0.2, 0.25) is 0 Å². The van der Waals surface area contributed by atoms with Crippen LogP contribution in [0.25, 0.3) is 11.0 Å². The summed E-state index contributed by atoms with van der Waals surface area (Å²) in [5, 5.41) is 4.41. The molecule has 1 aromatic heterocycles. The number of benzene rings is 1. The molecule has 1 atom stereocenters. The second-order valence-electron chi connectivity index (χ2n) is 3.89. The minimum absolute atomic E-state index is 0.302. The predicted octanol–water partition coefficient (Wildman–Crippen LogP) is 2.63. The van der Waals surface area contributed by atoms with Gasteiger partial charge >= 0.3 is 0 Å². The van der Waals surface area contributed by atoms with Gasteiger partial charge in [-0.05, 0) is 35.0 Å². The SMILES string of the molecule is C[C@H](CN)NCc1cc2cccc(Br)c2o1. The smallest absolute Gasteiger partial charge is 0.148 e. The van der Waals surface area contributed by atoms with Crippen LogP contribution < -0.4 is 11.1 Å². The van der Waals surface area contributed by atoms with Gasteiger partial charge in [0.15, 0.2) is 0 Å². The summed E-state index contributed by atoms with van der Waals surface area (Å²) in [6.07, 6.45) is 0. The topological polar surface area (TPSA) is 51.2 Å². The van der Waals surface area contributed by atoms with Crippen molar-refractivity contribution in [3.05, 3.63) is 34.5 Å². The van der Waals surface area contributed by atoms with Crippen LogP contribution in [-0.2, 0) is 6.54 Å². The van der Waals surface area contributed by atoms with Crippen LogP contribution in [0, 0.1) is 0 Å². The Bertz CT molecular complexity index is 481. The van der Waals surface area contributed by atoms with E-state index in [4.69, 9.17) is 10.2 Å². The molecule has 0 spiro atoms. The Hall–Kier alpha value is -0.840. The van der Waals surface area contributed by atoms with Gasteiger partial charge in [-0.1, -0.05) is 12.1 Å². The molecule has 0 saturated heterocycles. The van der Waals surface area contributed by atoms with E-state index in [0.29, 0.717) is 19.1 Å². The first-order valence-corrected chi connectivity index (χ1v) is 6.10. The van der Waals surface area contributed by atoms with E-state index in [9.17, 15) is 0 Å². The zero-order chi connectivity index (χ0) is 11.5. The number of rotatable bonds is 4. The Kier molecular flexibility index (Phi) is 3.63. The van der Waals surface area contributed by atoms with Crippen molar-refractivity contribution in [1.29, 1.82) is 0 Å². The molecule has 4 heteroatoms. The quantitative estimate of drug-likeness (QED) is 0.907. The van der Waals surface area contributed by atoms with Gasteiger partial charge in [0.25, 0.3) is 0 Å². The largest absolute Gasteiger partial charge is 0.459 e. The summed E-state index contributed by atoms with van der Waals surface area (Å²) in [4.78, 5) is 0. The molecule has 0 aliphatic heterocycles. The highest BCUT2D eigenvalue weighted by Gasteiger charge is 2.07. The number of para-hydroxylation sites is 1. The van der Waals surface area contributed by atoms with Crippen LogP contribution >= 0.6 is 15.9 Å². The lowest BCUT2D eigenvalue weighted by Gasteiger charge is -2.08.